The highest BCUT2D eigenvalue weighted by atomic mass is 32.2. The van der Waals surface area contributed by atoms with Crippen molar-refractivity contribution in [2.75, 3.05) is 29.5 Å². The van der Waals surface area contributed by atoms with Gasteiger partial charge in [0, 0.05) is 18.8 Å². The Labute approximate surface area is 144 Å². The zero-order chi connectivity index (χ0) is 17.3. The van der Waals surface area contributed by atoms with Gasteiger partial charge in [-0.15, -0.1) is 0 Å². The van der Waals surface area contributed by atoms with Gasteiger partial charge in [0.05, 0.1) is 17.1 Å². The molecular weight excluding hydrogens is 324 g/mol. The van der Waals surface area contributed by atoms with E-state index in [9.17, 15) is 13.2 Å². The molecule has 0 bridgehead atoms. The summed E-state index contributed by atoms with van der Waals surface area (Å²) in [6.45, 7) is 4.12. The molecule has 0 unspecified atom stereocenters. The van der Waals surface area contributed by atoms with E-state index in [1.807, 2.05) is 12.1 Å². The van der Waals surface area contributed by atoms with Crippen molar-refractivity contribution in [2.24, 2.45) is 11.7 Å². The molecule has 0 aliphatic carbocycles. The van der Waals surface area contributed by atoms with Crippen LogP contribution in [0.15, 0.2) is 18.2 Å². The van der Waals surface area contributed by atoms with Crippen LogP contribution in [-0.4, -0.2) is 38.9 Å². The fourth-order valence-corrected chi connectivity index (χ4v) is 5.24. The first-order valence-corrected chi connectivity index (χ1v) is 10.6. The van der Waals surface area contributed by atoms with Crippen LogP contribution in [0.1, 0.15) is 54.4 Å². The van der Waals surface area contributed by atoms with Gasteiger partial charge in [-0.05, 0) is 55.2 Å². The number of nitrogens with two attached hydrogens (primary N) is 1. The van der Waals surface area contributed by atoms with Crippen molar-refractivity contribution in [3.63, 3.8) is 0 Å². The van der Waals surface area contributed by atoms with E-state index >= 15 is 0 Å². The highest BCUT2D eigenvalue weighted by Gasteiger charge is 2.27. The predicted molar refractivity (Wildman–Crippen MR) is 96.2 cm³/mol. The smallest absolute Gasteiger partial charge is 0.250 e. The second-order valence-electron chi connectivity index (χ2n) is 7.24. The SMILES string of the molecule is CC1CCN(c2cc(C3CCS(=O)(=O)CC3)ccc2C(N)=O)CC1. The minimum atomic E-state index is -2.87. The van der Waals surface area contributed by atoms with Crippen LogP contribution in [0.25, 0.3) is 0 Å². The molecule has 3 rings (SSSR count). The largest absolute Gasteiger partial charge is 0.371 e. The molecule has 1 aromatic carbocycles. The Morgan fingerprint density at radius 2 is 1.75 bits per heavy atom. The molecule has 24 heavy (non-hydrogen) atoms. The van der Waals surface area contributed by atoms with E-state index in [1.54, 1.807) is 0 Å². The predicted octanol–water partition coefficient (Wildman–Crippen LogP) is 2.31. The molecule has 1 amide bonds. The lowest BCUT2D eigenvalue weighted by atomic mass is 9.91. The van der Waals surface area contributed by atoms with Crippen LogP contribution in [-0.2, 0) is 9.84 Å². The molecule has 5 nitrogen and oxygen atoms in total. The Balaban J connectivity index is 1.87. The summed E-state index contributed by atoms with van der Waals surface area (Å²) in [6, 6.07) is 5.82. The number of carbonyl (C=O) groups is 1. The number of carbonyl (C=O) groups excluding carboxylic acids is 1. The summed E-state index contributed by atoms with van der Waals surface area (Å²) < 4.78 is 23.3. The summed E-state index contributed by atoms with van der Waals surface area (Å²) in [6.07, 6.45) is 3.55. The molecule has 132 valence electrons. The van der Waals surface area contributed by atoms with Crippen LogP contribution >= 0.6 is 0 Å². The normalized spacial score (nSPS) is 22.5. The third-order valence-corrected chi connectivity index (χ3v) is 7.15. The molecule has 0 aromatic heterocycles. The molecule has 0 radical (unpaired) electrons. The maximum absolute atomic E-state index is 11.8. The fraction of sp³-hybridized carbons (Fsp3) is 0.611. The Morgan fingerprint density at radius 3 is 2.33 bits per heavy atom. The van der Waals surface area contributed by atoms with E-state index in [2.05, 4.69) is 17.9 Å². The number of primary amides is 1. The van der Waals surface area contributed by atoms with Crippen molar-refractivity contribution in [1.29, 1.82) is 0 Å². The quantitative estimate of drug-likeness (QED) is 0.907. The van der Waals surface area contributed by atoms with Crippen LogP contribution in [0.4, 0.5) is 5.69 Å². The lowest BCUT2D eigenvalue weighted by Crippen LogP contribution is -2.34. The van der Waals surface area contributed by atoms with Crippen LogP contribution in [0.2, 0.25) is 0 Å². The molecule has 1 aromatic rings. The third-order valence-electron chi connectivity index (χ3n) is 5.44. The van der Waals surface area contributed by atoms with Crippen molar-refractivity contribution >= 4 is 21.4 Å². The standard InChI is InChI=1S/C18H26N2O3S/c1-13-4-8-20(9-5-13)17-12-15(2-3-16(17)18(19)21)14-6-10-24(22,23)11-7-14/h2-3,12-14H,4-11H2,1H3,(H2,19,21). The van der Waals surface area contributed by atoms with E-state index in [4.69, 9.17) is 5.73 Å². The number of hydrogen-bond acceptors (Lipinski definition) is 4. The van der Waals surface area contributed by atoms with E-state index in [0.29, 0.717) is 24.3 Å². The first-order valence-electron chi connectivity index (χ1n) is 8.75. The number of anilines is 1. The molecular formula is C18H26N2O3S. The summed E-state index contributed by atoms with van der Waals surface area (Å²) in [5, 5.41) is 0. The van der Waals surface area contributed by atoms with E-state index in [-0.39, 0.29) is 17.4 Å². The molecule has 0 atom stereocenters. The van der Waals surface area contributed by atoms with Crippen molar-refractivity contribution in [3.8, 4) is 0 Å². The van der Waals surface area contributed by atoms with Crippen LogP contribution in [0, 0.1) is 5.92 Å². The zero-order valence-corrected chi connectivity index (χ0v) is 15.0. The van der Waals surface area contributed by atoms with E-state index in [1.165, 1.54) is 0 Å². The summed E-state index contributed by atoms with van der Waals surface area (Å²) >= 11 is 0. The van der Waals surface area contributed by atoms with Gasteiger partial charge in [0.15, 0.2) is 0 Å². The molecule has 2 N–H and O–H groups in total. The Bertz CT molecular complexity index is 708. The lowest BCUT2D eigenvalue weighted by molar-refractivity contribution is 0.100. The topological polar surface area (TPSA) is 80.5 Å². The van der Waals surface area contributed by atoms with Gasteiger partial charge in [-0.25, -0.2) is 8.42 Å². The monoisotopic (exact) mass is 350 g/mol. The Morgan fingerprint density at radius 1 is 1.12 bits per heavy atom. The van der Waals surface area contributed by atoms with Gasteiger partial charge in [0.25, 0.3) is 5.91 Å². The maximum Gasteiger partial charge on any atom is 0.250 e. The summed E-state index contributed by atoms with van der Waals surface area (Å²) in [7, 11) is -2.87. The molecule has 2 saturated heterocycles. The van der Waals surface area contributed by atoms with Gasteiger partial charge in [0.2, 0.25) is 0 Å². The molecule has 2 heterocycles. The lowest BCUT2D eigenvalue weighted by Gasteiger charge is -2.34. The summed E-state index contributed by atoms with van der Waals surface area (Å²) in [4.78, 5) is 14.1. The van der Waals surface area contributed by atoms with Crippen molar-refractivity contribution in [3.05, 3.63) is 29.3 Å². The second-order valence-corrected chi connectivity index (χ2v) is 9.54. The van der Waals surface area contributed by atoms with Crippen molar-refractivity contribution in [1.82, 2.24) is 0 Å². The average molecular weight is 350 g/mol. The van der Waals surface area contributed by atoms with Gasteiger partial charge < -0.3 is 10.6 Å². The van der Waals surface area contributed by atoms with Gasteiger partial charge in [-0.3, -0.25) is 4.79 Å². The highest BCUT2D eigenvalue weighted by molar-refractivity contribution is 7.91. The van der Waals surface area contributed by atoms with Crippen LogP contribution < -0.4 is 10.6 Å². The third kappa shape index (κ3) is 3.74. The molecule has 0 spiro atoms. The molecule has 2 fully saturated rings. The molecule has 2 aliphatic heterocycles. The van der Waals surface area contributed by atoms with Gasteiger partial charge in [-0.1, -0.05) is 13.0 Å². The number of nitrogens with zero attached hydrogens (tertiary/aromatic N) is 1. The van der Waals surface area contributed by atoms with Gasteiger partial charge in [0.1, 0.15) is 9.84 Å². The molecule has 2 aliphatic rings. The summed E-state index contributed by atoms with van der Waals surface area (Å²) in [5.74, 6) is 1.07. The number of hydrogen-bond donors (Lipinski definition) is 1. The number of sulfone groups is 1. The minimum absolute atomic E-state index is 0.248. The first-order chi connectivity index (χ1) is 11.4. The molecule has 0 saturated carbocycles. The zero-order valence-electron chi connectivity index (χ0n) is 14.2. The number of amides is 1. The number of piperidine rings is 1. The van der Waals surface area contributed by atoms with Crippen LogP contribution in [0.3, 0.4) is 0 Å². The maximum atomic E-state index is 11.8. The van der Waals surface area contributed by atoms with E-state index < -0.39 is 15.7 Å². The Hall–Kier alpha value is -1.56. The summed E-state index contributed by atoms with van der Waals surface area (Å²) in [5.41, 5.74) is 8.18. The Kier molecular flexibility index (Phi) is 4.85. The van der Waals surface area contributed by atoms with Crippen molar-refractivity contribution < 1.29 is 13.2 Å². The highest BCUT2D eigenvalue weighted by Crippen LogP contribution is 2.34. The fourth-order valence-electron chi connectivity index (χ4n) is 3.75. The number of rotatable bonds is 3. The first kappa shape index (κ1) is 17.3. The number of benzene rings is 1. The molecule has 6 heteroatoms. The van der Waals surface area contributed by atoms with Gasteiger partial charge >= 0.3 is 0 Å². The second kappa shape index (κ2) is 6.75. The van der Waals surface area contributed by atoms with Gasteiger partial charge in [-0.2, -0.15) is 0 Å². The van der Waals surface area contributed by atoms with Crippen molar-refractivity contribution in [2.45, 2.75) is 38.5 Å². The van der Waals surface area contributed by atoms with Crippen LogP contribution in [0.5, 0.6) is 0 Å². The minimum Gasteiger partial charge on any atom is -0.371 e. The van der Waals surface area contributed by atoms with E-state index in [0.717, 1.165) is 37.2 Å². The average Bonchev–Trinajstić information content (AvgIpc) is 2.55.